The molecule has 0 saturated carbocycles. The van der Waals surface area contributed by atoms with Gasteiger partial charge >= 0.3 is 5.97 Å². The number of methoxy groups -OCH3 is 1. The van der Waals surface area contributed by atoms with Gasteiger partial charge in [0.25, 0.3) is 0 Å². The number of aliphatic hydroxyl groups excluding tert-OH is 1. The second kappa shape index (κ2) is 4.28. The molecule has 0 aliphatic heterocycles. The summed E-state index contributed by atoms with van der Waals surface area (Å²) in [6, 6.07) is 3.18. The molecule has 14 heavy (non-hydrogen) atoms. The number of aliphatic hydroxyl groups is 1. The molecule has 1 atom stereocenters. The van der Waals surface area contributed by atoms with Crippen molar-refractivity contribution in [1.82, 2.24) is 4.57 Å². The lowest BCUT2D eigenvalue weighted by atomic mass is 10.3. The van der Waals surface area contributed by atoms with E-state index in [1.54, 1.807) is 4.57 Å². The minimum Gasteiger partial charge on any atom is -0.467 e. The van der Waals surface area contributed by atoms with Crippen molar-refractivity contribution in [3.05, 3.63) is 23.5 Å². The first-order valence-electron chi connectivity index (χ1n) is 4.45. The summed E-state index contributed by atoms with van der Waals surface area (Å²) in [4.78, 5) is 11.3. The smallest absolute Gasteiger partial charge is 0.331 e. The summed E-state index contributed by atoms with van der Waals surface area (Å²) < 4.78 is 6.39. The molecular formula is C10H15NO3. The Morgan fingerprint density at radius 3 is 2.36 bits per heavy atom. The quantitative estimate of drug-likeness (QED) is 0.729. The molecule has 1 aromatic heterocycles. The predicted molar refractivity (Wildman–Crippen MR) is 52.0 cm³/mol. The Labute approximate surface area is 83.1 Å². The zero-order valence-corrected chi connectivity index (χ0v) is 8.65. The second-order valence-corrected chi connectivity index (χ2v) is 3.21. The summed E-state index contributed by atoms with van der Waals surface area (Å²) in [6.45, 7) is 3.53. The number of hydrogen-bond acceptors (Lipinski definition) is 3. The number of rotatable bonds is 3. The molecule has 0 amide bonds. The topological polar surface area (TPSA) is 51.5 Å². The monoisotopic (exact) mass is 197 g/mol. The first kappa shape index (κ1) is 10.8. The lowest BCUT2D eigenvalue weighted by molar-refractivity contribution is -0.145. The standard InChI is InChI=1S/C10H15NO3/c1-7-4-5-8(2)11(7)9(6-12)10(13)14-3/h4-5,9,12H,6H2,1-3H3. The number of carbonyl (C=O) groups is 1. The highest BCUT2D eigenvalue weighted by Gasteiger charge is 2.22. The Bertz CT molecular complexity index is 311. The first-order valence-corrected chi connectivity index (χ1v) is 4.45. The average Bonchev–Trinajstić information content (AvgIpc) is 2.50. The third-order valence-corrected chi connectivity index (χ3v) is 2.28. The molecule has 78 valence electrons. The third-order valence-electron chi connectivity index (χ3n) is 2.28. The van der Waals surface area contributed by atoms with Gasteiger partial charge < -0.3 is 14.4 Å². The van der Waals surface area contributed by atoms with Gasteiger partial charge in [0.15, 0.2) is 6.04 Å². The van der Waals surface area contributed by atoms with Gasteiger partial charge in [-0.05, 0) is 26.0 Å². The zero-order chi connectivity index (χ0) is 10.7. The SMILES string of the molecule is COC(=O)C(CO)n1c(C)ccc1C. The van der Waals surface area contributed by atoms with Crippen molar-refractivity contribution in [1.29, 1.82) is 0 Å². The molecule has 1 heterocycles. The van der Waals surface area contributed by atoms with Crippen LogP contribution in [0.15, 0.2) is 12.1 Å². The second-order valence-electron chi connectivity index (χ2n) is 3.21. The fraction of sp³-hybridized carbons (Fsp3) is 0.500. The van der Waals surface area contributed by atoms with Gasteiger partial charge in [-0.1, -0.05) is 0 Å². The van der Waals surface area contributed by atoms with Crippen molar-refractivity contribution in [2.24, 2.45) is 0 Å². The van der Waals surface area contributed by atoms with E-state index in [2.05, 4.69) is 4.74 Å². The maximum Gasteiger partial charge on any atom is 0.331 e. The van der Waals surface area contributed by atoms with Crippen LogP contribution in [-0.2, 0) is 9.53 Å². The maximum atomic E-state index is 11.3. The van der Waals surface area contributed by atoms with Crippen LogP contribution in [-0.4, -0.2) is 29.4 Å². The van der Waals surface area contributed by atoms with Gasteiger partial charge in [0.1, 0.15) is 0 Å². The molecule has 1 aromatic rings. The summed E-state index contributed by atoms with van der Waals surface area (Å²) >= 11 is 0. The Balaban J connectivity index is 3.06. The van der Waals surface area contributed by atoms with E-state index in [9.17, 15) is 4.79 Å². The van der Waals surface area contributed by atoms with Crippen molar-refractivity contribution in [2.75, 3.05) is 13.7 Å². The molecule has 4 nitrogen and oxygen atoms in total. The number of ether oxygens (including phenoxy) is 1. The summed E-state index contributed by atoms with van der Waals surface area (Å²) in [5.41, 5.74) is 1.87. The van der Waals surface area contributed by atoms with Crippen LogP contribution in [0.1, 0.15) is 17.4 Å². The van der Waals surface area contributed by atoms with Crippen molar-refractivity contribution >= 4 is 5.97 Å². The Morgan fingerprint density at radius 2 is 2.00 bits per heavy atom. The van der Waals surface area contributed by atoms with Crippen LogP contribution in [0.5, 0.6) is 0 Å². The van der Waals surface area contributed by atoms with Crippen LogP contribution in [0.4, 0.5) is 0 Å². The van der Waals surface area contributed by atoms with E-state index < -0.39 is 12.0 Å². The van der Waals surface area contributed by atoms with Crippen LogP contribution < -0.4 is 0 Å². The van der Waals surface area contributed by atoms with Crippen LogP contribution >= 0.6 is 0 Å². The zero-order valence-electron chi connectivity index (χ0n) is 8.65. The van der Waals surface area contributed by atoms with Crippen LogP contribution in [0, 0.1) is 13.8 Å². The largest absolute Gasteiger partial charge is 0.467 e. The van der Waals surface area contributed by atoms with E-state index in [0.29, 0.717) is 0 Å². The fourth-order valence-corrected chi connectivity index (χ4v) is 1.57. The number of hydrogen-bond donors (Lipinski definition) is 1. The molecular weight excluding hydrogens is 182 g/mol. The van der Waals surface area contributed by atoms with Gasteiger partial charge in [-0.15, -0.1) is 0 Å². The summed E-state index contributed by atoms with van der Waals surface area (Å²) in [5.74, 6) is -0.421. The maximum absolute atomic E-state index is 11.3. The van der Waals surface area contributed by atoms with E-state index >= 15 is 0 Å². The Kier molecular flexibility index (Phi) is 3.30. The highest BCUT2D eigenvalue weighted by Crippen LogP contribution is 2.16. The fourth-order valence-electron chi connectivity index (χ4n) is 1.57. The molecule has 1 N–H and O–H groups in total. The van der Waals surface area contributed by atoms with Crippen LogP contribution in [0.3, 0.4) is 0 Å². The molecule has 4 heteroatoms. The van der Waals surface area contributed by atoms with E-state index in [4.69, 9.17) is 5.11 Å². The molecule has 0 fully saturated rings. The van der Waals surface area contributed by atoms with Crippen LogP contribution in [0.25, 0.3) is 0 Å². The molecule has 1 rings (SSSR count). The number of nitrogens with zero attached hydrogens (tertiary/aromatic N) is 1. The lowest BCUT2D eigenvalue weighted by Crippen LogP contribution is -2.25. The molecule has 0 spiro atoms. The highest BCUT2D eigenvalue weighted by molar-refractivity contribution is 5.74. The molecule has 0 aliphatic rings. The van der Waals surface area contributed by atoms with Crippen molar-refractivity contribution < 1.29 is 14.6 Å². The summed E-state index contributed by atoms with van der Waals surface area (Å²) in [6.07, 6.45) is 0. The third kappa shape index (κ3) is 1.80. The van der Waals surface area contributed by atoms with E-state index in [0.717, 1.165) is 11.4 Å². The van der Waals surface area contributed by atoms with Gasteiger partial charge in [0, 0.05) is 11.4 Å². The number of esters is 1. The average molecular weight is 197 g/mol. The van der Waals surface area contributed by atoms with Gasteiger partial charge in [-0.25, -0.2) is 4.79 Å². The molecule has 0 bridgehead atoms. The van der Waals surface area contributed by atoms with Gasteiger partial charge in [0.2, 0.25) is 0 Å². The number of carbonyl (C=O) groups excluding carboxylic acids is 1. The van der Waals surface area contributed by atoms with Gasteiger partial charge in [-0.3, -0.25) is 0 Å². The van der Waals surface area contributed by atoms with E-state index in [1.807, 2.05) is 26.0 Å². The summed E-state index contributed by atoms with van der Waals surface area (Å²) in [5, 5.41) is 9.13. The van der Waals surface area contributed by atoms with E-state index in [1.165, 1.54) is 7.11 Å². The summed E-state index contributed by atoms with van der Waals surface area (Å²) in [7, 11) is 1.32. The molecule has 0 saturated heterocycles. The molecule has 0 radical (unpaired) electrons. The Hall–Kier alpha value is -1.29. The number of aromatic nitrogens is 1. The highest BCUT2D eigenvalue weighted by atomic mass is 16.5. The van der Waals surface area contributed by atoms with Crippen LogP contribution in [0.2, 0.25) is 0 Å². The minimum atomic E-state index is -0.630. The van der Waals surface area contributed by atoms with Crippen molar-refractivity contribution in [2.45, 2.75) is 19.9 Å². The number of aryl methyl sites for hydroxylation is 2. The molecule has 0 aliphatic carbocycles. The van der Waals surface area contributed by atoms with Gasteiger partial charge in [-0.2, -0.15) is 0 Å². The lowest BCUT2D eigenvalue weighted by Gasteiger charge is -2.17. The molecule has 0 aromatic carbocycles. The van der Waals surface area contributed by atoms with Crippen molar-refractivity contribution in [3.8, 4) is 0 Å². The Morgan fingerprint density at radius 1 is 1.50 bits per heavy atom. The van der Waals surface area contributed by atoms with Gasteiger partial charge in [0.05, 0.1) is 13.7 Å². The predicted octanol–water partition coefficient (Wildman–Crippen LogP) is 0.811. The molecule has 1 unspecified atom stereocenters. The minimum absolute atomic E-state index is 0.247. The first-order chi connectivity index (χ1) is 6.61. The van der Waals surface area contributed by atoms with E-state index in [-0.39, 0.29) is 6.61 Å². The van der Waals surface area contributed by atoms with Crippen molar-refractivity contribution in [3.63, 3.8) is 0 Å². The normalized spacial score (nSPS) is 12.6.